The van der Waals surface area contributed by atoms with E-state index in [1.54, 1.807) is 0 Å². The van der Waals surface area contributed by atoms with Crippen LogP contribution in [0.25, 0.3) is 0 Å². The number of pyridine rings is 1. The van der Waals surface area contributed by atoms with E-state index in [1.165, 1.54) is 38.0 Å². The van der Waals surface area contributed by atoms with E-state index in [9.17, 15) is 0 Å². The number of anilines is 1. The summed E-state index contributed by atoms with van der Waals surface area (Å²) < 4.78 is 0. The van der Waals surface area contributed by atoms with Gasteiger partial charge in [0.1, 0.15) is 0 Å². The third-order valence-corrected chi connectivity index (χ3v) is 4.72. The maximum atomic E-state index is 5.68. The first-order valence-corrected chi connectivity index (χ1v) is 7.38. The molecule has 1 aromatic heterocycles. The average molecular weight is 260 g/mol. The van der Waals surface area contributed by atoms with E-state index in [0.717, 1.165) is 24.2 Å². The lowest BCUT2D eigenvalue weighted by Gasteiger charge is -2.46. The topological polar surface area (TPSA) is 45.4 Å². The van der Waals surface area contributed by atoms with E-state index in [4.69, 9.17) is 5.73 Å². The lowest BCUT2D eigenvalue weighted by molar-refractivity contribution is 0.102. The first-order valence-electron chi connectivity index (χ1n) is 7.38. The fourth-order valence-electron chi connectivity index (χ4n) is 3.66. The van der Waals surface area contributed by atoms with Crippen molar-refractivity contribution in [3.8, 4) is 0 Å². The van der Waals surface area contributed by atoms with E-state index in [1.807, 2.05) is 6.20 Å². The van der Waals surface area contributed by atoms with Crippen molar-refractivity contribution in [2.45, 2.75) is 31.8 Å². The van der Waals surface area contributed by atoms with Gasteiger partial charge in [0.2, 0.25) is 0 Å². The molecule has 0 spiro atoms. The third-order valence-electron chi connectivity index (χ3n) is 4.72. The maximum absolute atomic E-state index is 5.68. The van der Waals surface area contributed by atoms with Crippen molar-refractivity contribution in [1.82, 2.24) is 9.88 Å². The van der Waals surface area contributed by atoms with Crippen molar-refractivity contribution in [1.29, 1.82) is 0 Å². The lowest BCUT2D eigenvalue weighted by atomic mass is 9.84. The molecule has 4 heteroatoms. The van der Waals surface area contributed by atoms with Gasteiger partial charge in [0.05, 0.1) is 5.69 Å². The number of aromatic nitrogens is 1. The van der Waals surface area contributed by atoms with Crippen LogP contribution in [-0.2, 0) is 6.54 Å². The lowest BCUT2D eigenvalue weighted by Crippen LogP contribution is -2.52. The number of likely N-dealkylation sites (tertiary alicyclic amines) is 1. The van der Waals surface area contributed by atoms with Gasteiger partial charge in [-0.15, -0.1) is 0 Å². The van der Waals surface area contributed by atoms with Crippen LogP contribution in [0.15, 0.2) is 18.3 Å². The monoisotopic (exact) mass is 260 g/mol. The predicted octanol–water partition coefficient (Wildman–Crippen LogP) is 1.46. The molecule has 0 aromatic carbocycles. The fourth-order valence-corrected chi connectivity index (χ4v) is 3.66. The number of hydrogen-bond acceptors (Lipinski definition) is 4. The molecule has 1 aromatic rings. The van der Waals surface area contributed by atoms with Gasteiger partial charge in [0, 0.05) is 37.6 Å². The summed E-state index contributed by atoms with van der Waals surface area (Å²) in [5.41, 5.74) is 7.97. The molecule has 2 fully saturated rings. The summed E-state index contributed by atoms with van der Waals surface area (Å²) in [7, 11) is 2.28. The van der Waals surface area contributed by atoms with E-state index in [-0.39, 0.29) is 0 Å². The summed E-state index contributed by atoms with van der Waals surface area (Å²) in [5.74, 6) is 0.821. The van der Waals surface area contributed by atoms with Gasteiger partial charge in [-0.2, -0.15) is 0 Å². The van der Waals surface area contributed by atoms with Crippen molar-refractivity contribution in [2.24, 2.45) is 11.7 Å². The molecule has 0 amide bonds. The van der Waals surface area contributed by atoms with E-state index in [0.29, 0.717) is 6.54 Å². The van der Waals surface area contributed by atoms with Gasteiger partial charge in [-0.05, 0) is 50.9 Å². The highest BCUT2D eigenvalue weighted by molar-refractivity contribution is 5.47. The van der Waals surface area contributed by atoms with Crippen molar-refractivity contribution in [3.63, 3.8) is 0 Å². The quantitative estimate of drug-likeness (QED) is 0.874. The van der Waals surface area contributed by atoms with Crippen LogP contribution in [0.5, 0.6) is 0 Å². The smallest absolute Gasteiger partial charge is 0.0560 e. The molecule has 0 radical (unpaired) electrons. The molecule has 19 heavy (non-hydrogen) atoms. The Kier molecular flexibility index (Phi) is 3.71. The van der Waals surface area contributed by atoms with E-state index < -0.39 is 0 Å². The van der Waals surface area contributed by atoms with E-state index >= 15 is 0 Å². The largest absolute Gasteiger partial charge is 0.371 e. The first-order chi connectivity index (χ1) is 9.28. The molecule has 0 saturated carbocycles. The normalized spacial score (nSPS) is 28.2. The Morgan fingerprint density at radius 2 is 2.26 bits per heavy atom. The molecule has 0 bridgehead atoms. The number of nitrogens with zero attached hydrogens (tertiary/aromatic N) is 3. The van der Waals surface area contributed by atoms with Gasteiger partial charge < -0.3 is 15.5 Å². The third kappa shape index (κ3) is 2.60. The molecule has 2 aliphatic heterocycles. The maximum Gasteiger partial charge on any atom is 0.0560 e. The second kappa shape index (κ2) is 5.47. The number of rotatable bonds is 2. The predicted molar refractivity (Wildman–Crippen MR) is 78.1 cm³/mol. The summed E-state index contributed by atoms with van der Waals surface area (Å²) in [4.78, 5) is 9.36. The Morgan fingerprint density at radius 3 is 3.11 bits per heavy atom. The first kappa shape index (κ1) is 12.9. The molecule has 0 aliphatic carbocycles. The van der Waals surface area contributed by atoms with Crippen molar-refractivity contribution in [3.05, 3.63) is 24.0 Å². The molecular formula is C15H24N4. The molecule has 2 N–H and O–H groups in total. The summed E-state index contributed by atoms with van der Waals surface area (Å²) in [6.07, 6.45) is 5.88. The number of piperidine rings is 2. The summed E-state index contributed by atoms with van der Waals surface area (Å²) >= 11 is 0. The zero-order valence-corrected chi connectivity index (χ0v) is 11.8. The molecule has 3 rings (SSSR count). The van der Waals surface area contributed by atoms with Crippen molar-refractivity contribution < 1.29 is 0 Å². The van der Waals surface area contributed by atoms with Gasteiger partial charge in [0.25, 0.3) is 0 Å². The van der Waals surface area contributed by atoms with Crippen LogP contribution >= 0.6 is 0 Å². The van der Waals surface area contributed by atoms with Gasteiger partial charge in [0.15, 0.2) is 0 Å². The van der Waals surface area contributed by atoms with Crippen LogP contribution in [0.4, 0.5) is 5.69 Å². The van der Waals surface area contributed by atoms with Crippen LogP contribution in [0.1, 0.15) is 25.0 Å². The van der Waals surface area contributed by atoms with Crippen LogP contribution in [-0.4, -0.2) is 42.6 Å². The standard InChI is InChI=1S/C15H24N4/c1-18-7-2-3-12-11-19(8-5-15(12)18)14-4-6-17-13(9-14)10-16/h4,6,9,12,15H,2-3,5,7-8,10-11,16H2,1H3. The zero-order chi connectivity index (χ0) is 13.2. The zero-order valence-electron chi connectivity index (χ0n) is 11.8. The van der Waals surface area contributed by atoms with Crippen molar-refractivity contribution in [2.75, 3.05) is 31.6 Å². The highest BCUT2D eigenvalue weighted by atomic mass is 15.2. The molecule has 2 unspecified atom stereocenters. The average Bonchev–Trinajstić information content (AvgIpc) is 2.47. The Labute approximate surface area is 115 Å². The van der Waals surface area contributed by atoms with E-state index in [2.05, 4.69) is 34.0 Å². The Balaban J connectivity index is 1.73. The molecule has 2 saturated heterocycles. The Hall–Kier alpha value is -1.13. The highest BCUT2D eigenvalue weighted by Crippen LogP contribution is 2.31. The van der Waals surface area contributed by atoms with Gasteiger partial charge in [-0.1, -0.05) is 0 Å². The molecule has 3 heterocycles. The SMILES string of the molecule is CN1CCCC2CN(c3ccnc(CN)c3)CCC21. The minimum absolute atomic E-state index is 0.524. The van der Waals surface area contributed by atoms with Crippen LogP contribution < -0.4 is 10.6 Å². The molecule has 2 aliphatic rings. The minimum atomic E-state index is 0.524. The number of nitrogens with two attached hydrogens (primary N) is 1. The molecule has 4 nitrogen and oxygen atoms in total. The van der Waals surface area contributed by atoms with Crippen LogP contribution in [0.3, 0.4) is 0 Å². The summed E-state index contributed by atoms with van der Waals surface area (Å²) in [6, 6.07) is 5.06. The Morgan fingerprint density at radius 1 is 1.37 bits per heavy atom. The second-order valence-corrected chi connectivity index (χ2v) is 5.89. The fraction of sp³-hybridized carbons (Fsp3) is 0.667. The molecular weight excluding hydrogens is 236 g/mol. The summed E-state index contributed by atoms with van der Waals surface area (Å²) in [5, 5.41) is 0. The minimum Gasteiger partial charge on any atom is -0.371 e. The summed E-state index contributed by atoms with van der Waals surface area (Å²) in [6.45, 7) is 4.13. The highest BCUT2D eigenvalue weighted by Gasteiger charge is 2.34. The van der Waals surface area contributed by atoms with Gasteiger partial charge in [-0.25, -0.2) is 0 Å². The second-order valence-electron chi connectivity index (χ2n) is 5.89. The van der Waals surface area contributed by atoms with Crippen molar-refractivity contribution >= 4 is 5.69 Å². The Bertz CT molecular complexity index is 434. The molecule has 2 atom stereocenters. The molecule has 104 valence electrons. The van der Waals surface area contributed by atoms with Gasteiger partial charge in [-0.3, -0.25) is 4.98 Å². The van der Waals surface area contributed by atoms with Crippen LogP contribution in [0.2, 0.25) is 0 Å². The van der Waals surface area contributed by atoms with Crippen LogP contribution in [0, 0.1) is 5.92 Å². The number of fused-ring (bicyclic) bond motifs is 1. The van der Waals surface area contributed by atoms with Gasteiger partial charge >= 0.3 is 0 Å². The number of hydrogen-bond donors (Lipinski definition) is 1.